The summed E-state index contributed by atoms with van der Waals surface area (Å²) in [6, 6.07) is 1.35. The van der Waals surface area contributed by atoms with Crippen molar-refractivity contribution < 1.29 is 0 Å². The van der Waals surface area contributed by atoms with Gasteiger partial charge in [-0.3, -0.25) is 4.90 Å². The second-order valence-corrected chi connectivity index (χ2v) is 7.04. The van der Waals surface area contributed by atoms with Crippen molar-refractivity contribution in [3.05, 3.63) is 0 Å². The number of piperazine rings is 1. The van der Waals surface area contributed by atoms with Crippen LogP contribution in [0.2, 0.25) is 0 Å². The van der Waals surface area contributed by atoms with Gasteiger partial charge in [0, 0.05) is 25.2 Å². The van der Waals surface area contributed by atoms with Gasteiger partial charge in [-0.25, -0.2) is 0 Å². The van der Waals surface area contributed by atoms with Crippen molar-refractivity contribution in [2.45, 2.75) is 52.6 Å². The van der Waals surface area contributed by atoms with Gasteiger partial charge in [-0.15, -0.1) is 0 Å². The van der Waals surface area contributed by atoms with E-state index in [1.807, 2.05) is 0 Å². The summed E-state index contributed by atoms with van der Waals surface area (Å²) in [6.07, 6.45) is 2.53. The van der Waals surface area contributed by atoms with Gasteiger partial charge in [-0.05, 0) is 45.4 Å². The van der Waals surface area contributed by atoms with Gasteiger partial charge in [0.1, 0.15) is 0 Å². The van der Waals surface area contributed by atoms with Gasteiger partial charge < -0.3 is 10.2 Å². The predicted octanol–water partition coefficient (Wildman–Crippen LogP) is 2.04. The fourth-order valence-corrected chi connectivity index (χ4v) is 2.70. The molecule has 0 aromatic carbocycles. The highest BCUT2D eigenvalue weighted by Gasteiger charge is 2.32. The first kappa shape index (κ1) is 15.9. The van der Waals surface area contributed by atoms with E-state index < -0.39 is 0 Å². The van der Waals surface area contributed by atoms with E-state index in [0.717, 1.165) is 12.6 Å². The molecule has 18 heavy (non-hydrogen) atoms. The van der Waals surface area contributed by atoms with E-state index in [9.17, 15) is 0 Å². The van der Waals surface area contributed by atoms with Gasteiger partial charge >= 0.3 is 0 Å². The van der Waals surface area contributed by atoms with Gasteiger partial charge in [-0.2, -0.15) is 0 Å². The normalized spacial score (nSPS) is 26.8. The van der Waals surface area contributed by atoms with Gasteiger partial charge in [0.15, 0.2) is 0 Å². The topological polar surface area (TPSA) is 18.5 Å². The van der Waals surface area contributed by atoms with Crippen LogP contribution < -0.4 is 5.32 Å². The molecule has 2 unspecified atom stereocenters. The first-order chi connectivity index (χ1) is 8.34. The molecule has 3 nitrogen and oxygen atoms in total. The van der Waals surface area contributed by atoms with E-state index in [1.165, 1.54) is 32.5 Å². The Hall–Kier alpha value is -0.120. The molecule has 0 radical (unpaired) electrons. The van der Waals surface area contributed by atoms with E-state index >= 15 is 0 Å². The zero-order valence-corrected chi connectivity index (χ0v) is 13.3. The molecule has 0 aliphatic carbocycles. The van der Waals surface area contributed by atoms with Crippen molar-refractivity contribution in [1.29, 1.82) is 0 Å². The third kappa shape index (κ3) is 4.87. The molecule has 0 amide bonds. The molecule has 1 N–H and O–H groups in total. The van der Waals surface area contributed by atoms with Crippen LogP contribution in [0.4, 0.5) is 0 Å². The first-order valence-electron chi connectivity index (χ1n) is 7.46. The first-order valence-corrected chi connectivity index (χ1v) is 7.46. The van der Waals surface area contributed by atoms with Crippen LogP contribution in [-0.4, -0.2) is 62.2 Å². The number of nitrogens with zero attached hydrogens (tertiary/aromatic N) is 2. The minimum absolute atomic E-state index is 0.360. The van der Waals surface area contributed by atoms with Crippen molar-refractivity contribution in [2.24, 2.45) is 5.41 Å². The van der Waals surface area contributed by atoms with Crippen LogP contribution >= 0.6 is 0 Å². The lowest BCUT2D eigenvalue weighted by atomic mass is 9.84. The highest BCUT2D eigenvalue weighted by Crippen LogP contribution is 2.24. The maximum Gasteiger partial charge on any atom is 0.0244 e. The van der Waals surface area contributed by atoms with Gasteiger partial charge in [0.05, 0.1) is 0 Å². The SMILES string of the molecule is CCC1CNC(C(C)(C)C)CN1CCCN(C)C. The molecule has 1 heterocycles. The van der Waals surface area contributed by atoms with Gasteiger partial charge in [0.2, 0.25) is 0 Å². The van der Waals surface area contributed by atoms with Crippen molar-refractivity contribution >= 4 is 0 Å². The lowest BCUT2D eigenvalue weighted by Crippen LogP contribution is -2.60. The van der Waals surface area contributed by atoms with E-state index in [4.69, 9.17) is 0 Å². The molecule has 0 bridgehead atoms. The lowest BCUT2D eigenvalue weighted by molar-refractivity contribution is 0.0808. The average molecular weight is 255 g/mol. The molecular formula is C15H33N3. The summed E-state index contributed by atoms with van der Waals surface area (Å²) in [5, 5.41) is 3.74. The number of rotatable bonds is 5. The fraction of sp³-hybridized carbons (Fsp3) is 1.00. The standard InChI is InChI=1S/C15H33N3/c1-7-13-11-16-14(15(2,3)4)12-18(13)10-8-9-17(5)6/h13-14,16H,7-12H2,1-6H3. The maximum absolute atomic E-state index is 3.74. The third-order valence-electron chi connectivity index (χ3n) is 4.10. The van der Waals surface area contributed by atoms with Crippen molar-refractivity contribution in [3.63, 3.8) is 0 Å². The quantitative estimate of drug-likeness (QED) is 0.811. The number of nitrogens with one attached hydrogen (secondary N) is 1. The lowest BCUT2D eigenvalue weighted by Gasteiger charge is -2.45. The molecular weight excluding hydrogens is 222 g/mol. The Bertz CT molecular complexity index is 232. The third-order valence-corrected chi connectivity index (χ3v) is 4.10. The molecule has 1 aliphatic rings. The summed E-state index contributed by atoms with van der Waals surface area (Å²) in [5.41, 5.74) is 0.360. The molecule has 0 aromatic heterocycles. The highest BCUT2D eigenvalue weighted by molar-refractivity contribution is 4.91. The molecule has 1 aliphatic heterocycles. The maximum atomic E-state index is 3.74. The van der Waals surface area contributed by atoms with Crippen LogP contribution in [0, 0.1) is 5.41 Å². The Morgan fingerprint density at radius 3 is 2.44 bits per heavy atom. The number of hydrogen-bond acceptors (Lipinski definition) is 3. The van der Waals surface area contributed by atoms with Crippen LogP contribution in [0.25, 0.3) is 0 Å². The van der Waals surface area contributed by atoms with Crippen LogP contribution in [0.1, 0.15) is 40.5 Å². The minimum atomic E-state index is 0.360. The van der Waals surface area contributed by atoms with Gasteiger partial charge in [0.25, 0.3) is 0 Å². The van der Waals surface area contributed by atoms with Crippen LogP contribution in [0.5, 0.6) is 0 Å². The molecule has 3 heteroatoms. The van der Waals surface area contributed by atoms with E-state index in [-0.39, 0.29) is 0 Å². The summed E-state index contributed by atoms with van der Waals surface area (Å²) in [4.78, 5) is 4.99. The summed E-state index contributed by atoms with van der Waals surface area (Å²) in [7, 11) is 4.32. The fourth-order valence-electron chi connectivity index (χ4n) is 2.70. The Morgan fingerprint density at radius 2 is 1.94 bits per heavy atom. The second kappa shape index (κ2) is 6.88. The Balaban J connectivity index is 2.49. The zero-order valence-electron chi connectivity index (χ0n) is 13.3. The number of hydrogen-bond donors (Lipinski definition) is 1. The summed E-state index contributed by atoms with van der Waals surface area (Å²) >= 11 is 0. The van der Waals surface area contributed by atoms with Crippen LogP contribution in [0.3, 0.4) is 0 Å². The van der Waals surface area contributed by atoms with E-state index in [2.05, 4.69) is 56.9 Å². The molecule has 1 fully saturated rings. The van der Waals surface area contributed by atoms with Crippen LogP contribution in [0.15, 0.2) is 0 Å². The summed E-state index contributed by atoms with van der Waals surface area (Å²) in [5.74, 6) is 0. The van der Waals surface area contributed by atoms with E-state index in [0.29, 0.717) is 11.5 Å². The molecule has 0 saturated carbocycles. The smallest absolute Gasteiger partial charge is 0.0244 e. The van der Waals surface area contributed by atoms with Gasteiger partial charge in [-0.1, -0.05) is 27.7 Å². The van der Waals surface area contributed by atoms with Crippen molar-refractivity contribution in [1.82, 2.24) is 15.1 Å². The highest BCUT2D eigenvalue weighted by atomic mass is 15.2. The van der Waals surface area contributed by atoms with Crippen LogP contribution in [-0.2, 0) is 0 Å². The molecule has 1 saturated heterocycles. The largest absolute Gasteiger partial charge is 0.311 e. The van der Waals surface area contributed by atoms with Crippen molar-refractivity contribution in [2.75, 3.05) is 40.3 Å². The molecule has 1 rings (SSSR count). The summed E-state index contributed by atoms with van der Waals surface area (Å²) < 4.78 is 0. The van der Waals surface area contributed by atoms with E-state index in [1.54, 1.807) is 0 Å². The average Bonchev–Trinajstić information content (AvgIpc) is 2.27. The summed E-state index contributed by atoms with van der Waals surface area (Å²) in [6.45, 7) is 14.1. The Kier molecular flexibility index (Phi) is 6.09. The molecule has 0 spiro atoms. The Labute approximate surface area is 114 Å². The minimum Gasteiger partial charge on any atom is -0.311 e. The molecule has 108 valence electrons. The predicted molar refractivity (Wildman–Crippen MR) is 80.1 cm³/mol. The molecule has 2 atom stereocenters. The van der Waals surface area contributed by atoms with Crippen molar-refractivity contribution in [3.8, 4) is 0 Å². The zero-order chi connectivity index (χ0) is 13.8. The Morgan fingerprint density at radius 1 is 1.28 bits per heavy atom. The molecule has 0 aromatic rings. The second-order valence-electron chi connectivity index (χ2n) is 7.04. The monoisotopic (exact) mass is 255 g/mol.